The summed E-state index contributed by atoms with van der Waals surface area (Å²) < 4.78 is 5.03. The number of piperidine rings is 1. The molecule has 0 spiro atoms. The number of phenols is 1. The van der Waals surface area contributed by atoms with Crippen LogP contribution in [0.5, 0.6) is 5.75 Å². The minimum atomic E-state index is 0.347. The van der Waals surface area contributed by atoms with Crippen LogP contribution in [0, 0.1) is 0 Å². The summed E-state index contributed by atoms with van der Waals surface area (Å²) in [6.45, 7) is 1.59. The van der Waals surface area contributed by atoms with Gasteiger partial charge in [-0.05, 0) is 37.4 Å². The number of phenolic OH excluding ortho intramolecular Hbond substituents is 1. The Hall–Kier alpha value is -1.06. The first kappa shape index (κ1) is 12.4. The predicted octanol–water partition coefficient (Wildman–Crippen LogP) is 2.22. The fourth-order valence-corrected chi connectivity index (χ4v) is 2.40. The molecule has 0 aliphatic carbocycles. The second-order valence-corrected chi connectivity index (χ2v) is 4.75. The van der Waals surface area contributed by atoms with E-state index in [4.69, 9.17) is 4.74 Å². The highest BCUT2D eigenvalue weighted by Crippen LogP contribution is 2.21. The summed E-state index contributed by atoms with van der Waals surface area (Å²) in [5.74, 6) is 0.347. The third kappa shape index (κ3) is 3.45. The average molecular weight is 235 g/mol. The van der Waals surface area contributed by atoms with Gasteiger partial charge in [-0.25, -0.2) is 0 Å². The van der Waals surface area contributed by atoms with Gasteiger partial charge in [-0.15, -0.1) is 0 Å². The summed E-state index contributed by atoms with van der Waals surface area (Å²) >= 11 is 0. The number of rotatable bonds is 4. The second-order valence-electron chi connectivity index (χ2n) is 4.75. The van der Waals surface area contributed by atoms with Crippen molar-refractivity contribution in [2.24, 2.45) is 0 Å². The number of hydrogen-bond acceptors (Lipinski definition) is 3. The Morgan fingerprint density at radius 3 is 2.94 bits per heavy atom. The first-order valence-electron chi connectivity index (χ1n) is 6.32. The van der Waals surface area contributed by atoms with E-state index in [1.807, 2.05) is 12.1 Å². The minimum Gasteiger partial charge on any atom is -0.508 e. The number of hydrogen-bond donors (Lipinski definition) is 2. The van der Waals surface area contributed by atoms with Crippen LogP contribution in [-0.4, -0.2) is 24.8 Å². The van der Waals surface area contributed by atoms with E-state index < -0.39 is 0 Å². The Kier molecular flexibility index (Phi) is 4.40. The minimum absolute atomic E-state index is 0.347. The van der Waals surface area contributed by atoms with Gasteiger partial charge in [0.15, 0.2) is 0 Å². The van der Waals surface area contributed by atoms with Gasteiger partial charge in [-0.1, -0.05) is 18.6 Å². The molecule has 1 unspecified atom stereocenters. The lowest BCUT2D eigenvalue weighted by Gasteiger charge is -2.23. The van der Waals surface area contributed by atoms with E-state index in [0.29, 0.717) is 18.4 Å². The number of methoxy groups -OCH3 is 1. The summed E-state index contributed by atoms with van der Waals surface area (Å²) in [7, 11) is 1.64. The molecule has 0 bridgehead atoms. The normalized spacial score (nSPS) is 20.4. The average Bonchev–Trinajstić information content (AvgIpc) is 2.34. The van der Waals surface area contributed by atoms with E-state index in [9.17, 15) is 5.11 Å². The van der Waals surface area contributed by atoms with Crippen LogP contribution in [-0.2, 0) is 17.8 Å². The van der Waals surface area contributed by atoms with Gasteiger partial charge in [0.25, 0.3) is 0 Å². The molecular formula is C14H21NO2. The second kappa shape index (κ2) is 6.03. The van der Waals surface area contributed by atoms with Gasteiger partial charge in [0, 0.05) is 18.7 Å². The molecule has 0 saturated carbocycles. The fraction of sp³-hybridized carbons (Fsp3) is 0.571. The van der Waals surface area contributed by atoms with Crippen molar-refractivity contribution in [3.05, 3.63) is 29.3 Å². The lowest BCUT2D eigenvalue weighted by Crippen LogP contribution is -2.35. The SMILES string of the molecule is COCc1ccc(CC2CCCCN2)cc1O. The number of nitrogens with one attached hydrogen (secondary N) is 1. The Morgan fingerprint density at radius 2 is 2.29 bits per heavy atom. The van der Waals surface area contributed by atoms with Crippen molar-refractivity contribution in [2.75, 3.05) is 13.7 Å². The molecule has 3 nitrogen and oxygen atoms in total. The molecule has 17 heavy (non-hydrogen) atoms. The summed E-state index contributed by atoms with van der Waals surface area (Å²) in [5.41, 5.74) is 2.05. The summed E-state index contributed by atoms with van der Waals surface area (Å²) in [6, 6.07) is 6.47. The van der Waals surface area contributed by atoms with E-state index in [-0.39, 0.29) is 0 Å². The van der Waals surface area contributed by atoms with Crippen LogP contribution in [0.3, 0.4) is 0 Å². The number of ether oxygens (including phenoxy) is 1. The zero-order valence-corrected chi connectivity index (χ0v) is 10.4. The fourth-order valence-electron chi connectivity index (χ4n) is 2.40. The Labute approximate surface area is 103 Å². The highest BCUT2D eigenvalue weighted by molar-refractivity contribution is 5.36. The summed E-state index contributed by atoms with van der Waals surface area (Å²) in [5, 5.41) is 13.4. The summed E-state index contributed by atoms with van der Waals surface area (Å²) in [6.07, 6.45) is 4.83. The maximum absolute atomic E-state index is 9.85. The quantitative estimate of drug-likeness (QED) is 0.841. The molecule has 0 aromatic heterocycles. The van der Waals surface area contributed by atoms with Crippen molar-refractivity contribution < 1.29 is 9.84 Å². The standard InChI is InChI=1S/C14H21NO2/c1-17-10-12-6-5-11(9-14(12)16)8-13-4-2-3-7-15-13/h5-6,9,13,15-16H,2-4,7-8,10H2,1H3. The highest BCUT2D eigenvalue weighted by Gasteiger charge is 2.13. The molecule has 1 aliphatic heterocycles. The Morgan fingerprint density at radius 1 is 1.41 bits per heavy atom. The van der Waals surface area contributed by atoms with Crippen molar-refractivity contribution in [2.45, 2.75) is 38.3 Å². The van der Waals surface area contributed by atoms with Gasteiger partial charge in [-0.3, -0.25) is 0 Å². The van der Waals surface area contributed by atoms with Crippen LogP contribution in [0.1, 0.15) is 30.4 Å². The van der Waals surface area contributed by atoms with Gasteiger partial charge in [0.2, 0.25) is 0 Å². The number of benzene rings is 1. The van der Waals surface area contributed by atoms with Gasteiger partial charge in [0.1, 0.15) is 5.75 Å². The van der Waals surface area contributed by atoms with Crippen LogP contribution in [0.2, 0.25) is 0 Å². The van der Waals surface area contributed by atoms with Gasteiger partial charge >= 0.3 is 0 Å². The van der Waals surface area contributed by atoms with E-state index in [0.717, 1.165) is 18.5 Å². The van der Waals surface area contributed by atoms with Crippen LogP contribution in [0.4, 0.5) is 0 Å². The maximum atomic E-state index is 9.85. The predicted molar refractivity (Wildman–Crippen MR) is 68.2 cm³/mol. The molecule has 2 N–H and O–H groups in total. The Balaban J connectivity index is 1.98. The lowest BCUT2D eigenvalue weighted by atomic mass is 9.97. The maximum Gasteiger partial charge on any atom is 0.121 e. The summed E-state index contributed by atoms with van der Waals surface area (Å²) in [4.78, 5) is 0. The zero-order valence-electron chi connectivity index (χ0n) is 10.4. The first-order valence-corrected chi connectivity index (χ1v) is 6.32. The molecule has 3 heteroatoms. The van der Waals surface area contributed by atoms with Gasteiger partial charge in [0.05, 0.1) is 6.61 Å². The van der Waals surface area contributed by atoms with Crippen molar-refractivity contribution in [3.63, 3.8) is 0 Å². The third-order valence-electron chi connectivity index (χ3n) is 3.34. The molecule has 1 heterocycles. The first-order chi connectivity index (χ1) is 8.29. The van der Waals surface area contributed by atoms with E-state index in [1.54, 1.807) is 7.11 Å². The highest BCUT2D eigenvalue weighted by atomic mass is 16.5. The van der Waals surface area contributed by atoms with Gasteiger partial charge in [-0.2, -0.15) is 0 Å². The molecule has 2 rings (SSSR count). The van der Waals surface area contributed by atoms with Crippen molar-refractivity contribution >= 4 is 0 Å². The van der Waals surface area contributed by atoms with Crippen LogP contribution >= 0.6 is 0 Å². The molecule has 1 aliphatic rings. The van der Waals surface area contributed by atoms with Crippen molar-refractivity contribution in [1.29, 1.82) is 0 Å². The molecular weight excluding hydrogens is 214 g/mol. The lowest BCUT2D eigenvalue weighted by molar-refractivity contribution is 0.182. The van der Waals surface area contributed by atoms with Gasteiger partial charge < -0.3 is 15.2 Å². The third-order valence-corrected chi connectivity index (χ3v) is 3.34. The van der Waals surface area contributed by atoms with E-state index >= 15 is 0 Å². The topological polar surface area (TPSA) is 41.5 Å². The molecule has 1 fully saturated rings. The van der Waals surface area contributed by atoms with E-state index in [2.05, 4.69) is 11.4 Å². The molecule has 1 aromatic rings. The monoisotopic (exact) mass is 235 g/mol. The Bertz CT molecular complexity index is 359. The molecule has 1 saturated heterocycles. The zero-order chi connectivity index (χ0) is 12.1. The largest absolute Gasteiger partial charge is 0.508 e. The van der Waals surface area contributed by atoms with E-state index in [1.165, 1.54) is 24.8 Å². The molecule has 0 amide bonds. The van der Waals surface area contributed by atoms with Crippen LogP contribution < -0.4 is 5.32 Å². The van der Waals surface area contributed by atoms with Crippen LogP contribution in [0.25, 0.3) is 0 Å². The molecule has 0 radical (unpaired) electrons. The molecule has 1 atom stereocenters. The van der Waals surface area contributed by atoms with Crippen molar-refractivity contribution in [3.8, 4) is 5.75 Å². The van der Waals surface area contributed by atoms with Crippen LogP contribution in [0.15, 0.2) is 18.2 Å². The molecule has 94 valence electrons. The van der Waals surface area contributed by atoms with Crippen molar-refractivity contribution in [1.82, 2.24) is 5.32 Å². The smallest absolute Gasteiger partial charge is 0.121 e. The number of aromatic hydroxyl groups is 1. The molecule has 1 aromatic carbocycles.